The molecule has 0 bridgehead atoms. The van der Waals surface area contributed by atoms with E-state index in [4.69, 9.17) is 0 Å². The third kappa shape index (κ3) is 1.62. The zero-order valence-electron chi connectivity index (χ0n) is 12.6. The van der Waals surface area contributed by atoms with Gasteiger partial charge in [0, 0.05) is 11.8 Å². The first kappa shape index (κ1) is 12.9. The Bertz CT molecular complexity index is 775. The van der Waals surface area contributed by atoms with Gasteiger partial charge >= 0.3 is 0 Å². The quantitative estimate of drug-likeness (QED) is 0.783. The minimum absolute atomic E-state index is 0.147. The highest BCUT2D eigenvalue weighted by atomic mass is 16.3. The molecule has 21 heavy (non-hydrogen) atoms. The number of aryl methyl sites for hydroxylation is 2. The predicted molar refractivity (Wildman–Crippen MR) is 83.8 cm³/mol. The molecule has 0 amide bonds. The molecule has 108 valence electrons. The summed E-state index contributed by atoms with van der Waals surface area (Å²) in [6.07, 6.45) is 3.65. The van der Waals surface area contributed by atoms with Gasteiger partial charge in [0.15, 0.2) is 0 Å². The summed E-state index contributed by atoms with van der Waals surface area (Å²) < 4.78 is 0. The van der Waals surface area contributed by atoms with E-state index in [1.807, 2.05) is 12.1 Å². The Morgan fingerprint density at radius 1 is 1.24 bits per heavy atom. The molecular formula is C19H20O2. The predicted octanol–water partition coefficient (Wildman–Crippen LogP) is 4.25. The van der Waals surface area contributed by atoms with E-state index >= 15 is 0 Å². The van der Waals surface area contributed by atoms with E-state index in [2.05, 4.69) is 26.0 Å². The number of fused-ring (bicyclic) bond motifs is 5. The third-order valence-electron chi connectivity index (χ3n) is 5.78. The Labute approximate surface area is 124 Å². The second-order valence-corrected chi connectivity index (χ2v) is 6.93. The van der Waals surface area contributed by atoms with Crippen LogP contribution in [0.15, 0.2) is 24.3 Å². The molecule has 2 aliphatic rings. The topological polar surface area (TPSA) is 37.3 Å². The Morgan fingerprint density at radius 3 is 2.86 bits per heavy atom. The SMILES string of the molecule is Cc1cc(O)cc2ccc3c(c12)CC[C@]1(C)C(=O)CC[C@@H]31. The molecule has 2 nitrogen and oxygen atoms in total. The number of aromatic hydroxyl groups is 1. The molecule has 4 rings (SSSR count). The van der Waals surface area contributed by atoms with Crippen molar-refractivity contribution in [2.24, 2.45) is 5.41 Å². The summed E-state index contributed by atoms with van der Waals surface area (Å²) in [5.74, 6) is 1.16. The fourth-order valence-corrected chi connectivity index (χ4v) is 4.63. The first-order valence-corrected chi connectivity index (χ1v) is 7.79. The third-order valence-corrected chi connectivity index (χ3v) is 5.78. The highest BCUT2D eigenvalue weighted by Crippen LogP contribution is 2.54. The summed E-state index contributed by atoms with van der Waals surface area (Å²) in [5.41, 5.74) is 3.76. The van der Waals surface area contributed by atoms with Crippen molar-refractivity contribution in [3.63, 3.8) is 0 Å². The fraction of sp³-hybridized carbons (Fsp3) is 0.421. The molecule has 0 aliphatic heterocycles. The number of phenols is 1. The fourth-order valence-electron chi connectivity index (χ4n) is 4.63. The van der Waals surface area contributed by atoms with E-state index in [0.717, 1.165) is 36.6 Å². The second kappa shape index (κ2) is 4.09. The van der Waals surface area contributed by atoms with Crippen molar-refractivity contribution in [1.82, 2.24) is 0 Å². The molecule has 0 saturated heterocycles. The smallest absolute Gasteiger partial charge is 0.139 e. The minimum Gasteiger partial charge on any atom is -0.508 e. The molecule has 1 N–H and O–H groups in total. The van der Waals surface area contributed by atoms with Gasteiger partial charge in [0.05, 0.1) is 0 Å². The van der Waals surface area contributed by atoms with Crippen molar-refractivity contribution >= 4 is 16.6 Å². The number of phenolic OH excluding ortho intramolecular Hbond substituents is 1. The van der Waals surface area contributed by atoms with Gasteiger partial charge in [-0.2, -0.15) is 0 Å². The molecule has 2 atom stereocenters. The maximum Gasteiger partial charge on any atom is 0.139 e. The molecule has 2 aromatic carbocycles. The number of benzene rings is 2. The molecule has 0 aromatic heterocycles. The van der Waals surface area contributed by atoms with Gasteiger partial charge in [-0.15, -0.1) is 0 Å². The van der Waals surface area contributed by atoms with Gasteiger partial charge in [0.2, 0.25) is 0 Å². The van der Waals surface area contributed by atoms with Crippen LogP contribution < -0.4 is 0 Å². The lowest BCUT2D eigenvalue weighted by molar-refractivity contribution is -0.126. The number of ketones is 1. The van der Waals surface area contributed by atoms with Gasteiger partial charge in [0.25, 0.3) is 0 Å². The molecule has 0 radical (unpaired) electrons. The van der Waals surface area contributed by atoms with E-state index in [-0.39, 0.29) is 5.41 Å². The standard InChI is InChI=1S/C19H20O2/c1-11-9-13(20)10-12-3-4-14-15(18(11)12)7-8-19(2)16(14)5-6-17(19)21/h3-4,9-10,16,20H,5-8H2,1-2H3/t16-,19-/m0/s1. The number of hydrogen-bond acceptors (Lipinski definition) is 2. The van der Waals surface area contributed by atoms with Crippen LogP contribution in [-0.2, 0) is 11.2 Å². The molecule has 2 heteroatoms. The van der Waals surface area contributed by atoms with E-state index < -0.39 is 0 Å². The summed E-state index contributed by atoms with van der Waals surface area (Å²) in [4.78, 5) is 12.3. The van der Waals surface area contributed by atoms with E-state index in [1.54, 1.807) is 0 Å². The zero-order chi connectivity index (χ0) is 14.8. The van der Waals surface area contributed by atoms with Crippen LogP contribution in [0.2, 0.25) is 0 Å². The van der Waals surface area contributed by atoms with Crippen LogP contribution in [-0.4, -0.2) is 10.9 Å². The van der Waals surface area contributed by atoms with Gasteiger partial charge in [-0.05, 0) is 71.7 Å². The lowest BCUT2D eigenvalue weighted by Crippen LogP contribution is -2.32. The lowest BCUT2D eigenvalue weighted by atomic mass is 9.65. The lowest BCUT2D eigenvalue weighted by Gasteiger charge is -2.37. The second-order valence-electron chi connectivity index (χ2n) is 6.93. The number of carbonyl (C=O) groups excluding carboxylic acids is 1. The molecule has 2 aromatic rings. The van der Waals surface area contributed by atoms with E-state index in [9.17, 15) is 9.90 Å². The van der Waals surface area contributed by atoms with Gasteiger partial charge in [-0.25, -0.2) is 0 Å². The molecular weight excluding hydrogens is 260 g/mol. The number of Topliss-reactive ketones (excluding diaryl/α,β-unsaturated/α-hetero) is 1. The van der Waals surface area contributed by atoms with Crippen molar-refractivity contribution in [3.05, 3.63) is 41.0 Å². The van der Waals surface area contributed by atoms with Gasteiger partial charge < -0.3 is 5.11 Å². The Balaban J connectivity index is 1.99. The van der Waals surface area contributed by atoms with Crippen molar-refractivity contribution in [1.29, 1.82) is 0 Å². The monoisotopic (exact) mass is 280 g/mol. The number of carbonyl (C=O) groups is 1. The Hall–Kier alpha value is -1.83. The molecule has 0 heterocycles. The van der Waals surface area contributed by atoms with Crippen LogP contribution in [0.25, 0.3) is 10.8 Å². The minimum atomic E-state index is -0.147. The summed E-state index contributed by atoms with van der Waals surface area (Å²) in [6.45, 7) is 4.22. The zero-order valence-corrected chi connectivity index (χ0v) is 12.6. The van der Waals surface area contributed by atoms with Crippen LogP contribution in [0.3, 0.4) is 0 Å². The molecule has 1 fully saturated rings. The van der Waals surface area contributed by atoms with E-state index in [1.165, 1.54) is 16.5 Å². The van der Waals surface area contributed by atoms with Crippen LogP contribution in [0.1, 0.15) is 48.8 Å². The first-order chi connectivity index (χ1) is 10.0. The molecule has 2 aliphatic carbocycles. The average Bonchev–Trinajstić information content (AvgIpc) is 2.74. The summed E-state index contributed by atoms with van der Waals surface area (Å²) in [7, 11) is 0. The van der Waals surface area contributed by atoms with Crippen LogP contribution in [0, 0.1) is 12.3 Å². The maximum absolute atomic E-state index is 12.3. The van der Waals surface area contributed by atoms with Gasteiger partial charge in [-0.3, -0.25) is 4.79 Å². The highest BCUT2D eigenvalue weighted by molar-refractivity contribution is 5.93. The Kier molecular flexibility index (Phi) is 2.51. The molecule has 0 unspecified atom stereocenters. The molecule has 1 saturated carbocycles. The summed E-state index contributed by atoms with van der Waals surface area (Å²) in [6, 6.07) is 7.99. The van der Waals surface area contributed by atoms with Crippen LogP contribution in [0.5, 0.6) is 5.75 Å². The highest BCUT2D eigenvalue weighted by Gasteiger charge is 2.49. The van der Waals surface area contributed by atoms with Crippen molar-refractivity contribution < 1.29 is 9.90 Å². The van der Waals surface area contributed by atoms with Gasteiger partial charge in [-0.1, -0.05) is 19.1 Å². The summed E-state index contributed by atoms with van der Waals surface area (Å²) in [5, 5.41) is 12.2. The Morgan fingerprint density at radius 2 is 2.05 bits per heavy atom. The van der Waals surface area contributed by atoms with Crippen LogP contribution in [0.4, 0.5) is 0 Å². The number of rotatable bonds is 0. The van der Waals surface area contributed by atoms with Crippen molar-refractivity contribution in [2.45, 2.75) is 45.4 Å². The first-order valence-electron chi connectivity index (χ1n) is 7.79. The van der Waals surface area contributed by atoms with E-state index in [0.29, 0.717) is 17.5 Å². The van der Waals surface area contributed by atoms with Crippen molar-refractivity contribution in [3.8, 4) is 5.75 Å². The number of hydrogen-bond donors (Lipinski definition) is 1. The summed E-state index contributed by atoms with van der Waals surface area (Å²) >= 11 is 0. The van der Waals surface area contributed by atoms with Gasteiger partial charge in [0.1, 0.15) is 11.5 Å². The van der Waals surface area contributed by atoms with Crippen molar-refractivity contribution in [2.75, 3.05) is 0 Å². The largest absolute Gasteiger partial charge is 0.508 e. The maximum atomic E-state index is 12.3. The normalized spacial score (nSPS) is 27.7. The molecule has 0 spiro atoms. The average molecular weight is 280 g/mol. The van der Waals surface area contributed by atoms with Crippen LogP contribution >= 0.6 is 0 Å².